The third kappa shape index (κ3) is 2.33. The largest absolute Gasteiger partial charge is 0.489 e. The molecule has 1 amide bonds. The number of hydrogen-bond acceptors (Lipinski definition) is 4. The van der Waals surface area contributed by atoms with E-state index < -0.39 is 15.9 Å². The molecule has 6 heteroatoms. The Kier molecular flexibility index (Phi) is 3.30. The van der Waals surface area contributed by atoms with Crippen molar-refractivity contribution in [2.75, 3.05) is 10.1 Å². The van der Waals surface area contributed by atoms with Crippen LogP contribution < -0.4 is 9.04 Å². The van der Waals surface area contributed by atoms with Crippen molar-refractivity contribution in [2.45, 2.75) is 26.4 Å². The number of para-hydroxylation sites is 2. The van der Waals surface area contributed by atoms with E-state index in [0.29, 0.717) is 11.4 Å². The Bertz CT molecular complexity index is 565. The summed E-state index contributed by atoms with van der Waals surface area (Å²) in [5.41, 5.74) is 0.300. The minimum atomic E-state index is -3.54. The van der Waals surface area contributed by atoms with Crippen molar-refractivity contribution in [3.8, 4) is 5.75 Å². The van der Waals surface area contributed by atoms with E-state index in [-0.39, 0.29) is 18.3 Å². The second-order valence-electron chi connectivity index (χ2n) is 4.36. The quantitative estimate of drug-likeness (QED) is 0.835. The van der Waals surface area contributed by atoms with Crippen LogP contribution >= 0.6 is 0 Å². The number of hydrogen-bond donors (Lipinski definition) is 0. The normalized spacial score (nSPS) is 18.4. The molecule has 0 aliphatic carbocycles. The molecule has 0 bridgehead atoms. The summed E-state index contributed by atoms with van der Waals surface area (Å²) < 4.78 is 30.1. The lowest BCUT2D eigenvalue weighted by Crippen LogP contribution is -2.30. The summed E-state index contributed by atoms with van der Waals surface area (Å²) in [6, 6.07) is 6.67. The van der Waals surface area contributed by atoms with Gasteiger partial charge in [0.1, 0.15) is 11.4 Å². The summed E-state index contributed by atoms with van der Waals surface area (Å²) >= 11 is 0. The molecule has 1 saturated heterocycles. The van der Waals surface area contributed by atoms with Crippen molar-refractivity contribution in [1.29, 1.82) is 0 Å². The molecule has 2 rings (SSSR count). The lowest BCUT2D eigenvalue weighted by molar-refractivity contribution is -0.116. The fourth-order valence-corrected chi connectivity index (χ4v) is 3.29. The molecular weight excluding hydrogens is 254 g/mol. The van der Waals surface area contributed by atoms with Crippen molar-refractivity contribution in [3.63, 3.8) is 0 Å². The lowest BCUT2D eigenvalue weighted by Gasteiger charge is -2.20. The van der Waals surface area contributed by atoms with Crippen molar-refractivity contribution in [3.05, 3.63) is 24.3 Å². The molecule has 5 nitrogen and oxygen atoms in total. The molecule has 0 atom stereocenters. The van der Waals surface area contributed by atoms with Crippen LogP contribution in [0.15, 0.2) is 24.3 Å². The van der Waals surface area contributed by atoms with Gasteiger partial charge in [0.05, 0.1) is 11.9 Å². The van der Waals surface area contributed by atoms with Crippen molar-refractivity contribution in [1.82, 2.24) is 0 Å². The highest BCUT2D eigenvalue weighted by molar-refractivity contribution is 7.94. The van der Waals surface area contributed by atoms with E-state index in [1.807, 2.05) is 13.8 Å². The number of amides is 1. The molecule has 0 spiro atoms. The first-order valence-electron chi connectivity index (χ1n) is 5.73. The molecule has 0 radical (unpaired) electrons. The molecule has 1 aromatic carbocycles. The van der Waals surface area contributed by atoms with E-state index in [9.17, 15) is 13.2 Å². The Labute approximate surface area is 106 Å². The molecule has 1 aliphatic heterocycles. The molecule has 0 N–H and O–H groups in total. The summed E-state index contributed by atoms with van der Waals surface area (Å²) in [6.45, 7) is 3.69. The van der Waals surface area contributed by atoms with Gasteiger partial charge in [-0.2, -0.15) is 0 Å². The first-order valence-corrected chi connectivity index (χ1v) is 7.34. The average Bonchev–Trinajstić information content (AvgIpc) is 2.54. The third-order valence-corrected chi connectivity index (χ3v) is 4.20. The molecule has 1 heterocycles. The smallest absolute Gasteiger partial charge is 0.242 e. The minimum absolute atomic E-state index is 0.0261. The van der Waals surface area contributed by atoms with Gasteiger partial charge in [0, 0.05) is 6.42 Å². The molecule has 98 valence electrons. The van der Waals surface area contributed by atoms with Crippen LogP contribution in [0.5, 0.6) is 5.75 Å². The van der Waals surface area contributed by atoms with Gasteiger partial charge >= 0.3 is 0 Å². The molecular formula is C12H15NO4S. The van der Waals surface area contributed by atoms with Crippen LogP contribution in [-0.2, 0) is 14.8 Å². The summed E-state index contributed by atoms with van der Waals surface area (Å²) in [4.78, 5) is 11.7. The highest BCUT2D eigenvalue weighted by Gasteiger charge is 2.37. The maximum absolute atomic E-state index is 11.9. The van der Waals surface area contributed by atoms with Gasteiger partial charge in [-0.25, -0.2) is 12.7 Å². The van der Waals surface area contributed by atoms with Crippen LogP contribution in [0.25, 0.3) is 0 Å². The number of anilines is 1. The predicted molar refractivity (Wildman–Crippen MR) is 68.1 cm³/mol. The molecule has 1 fully saturated rings. The number of carbonyl (C=O) groups is 1. The summed E-state index contributed by atoms with van der Waals surface area (Å²) in [7, 11) is -3.54. The van der Waals surface area contributed by atoms with Crippen molar-refractivity contribution < 1.29 is 17.9 Å². The molecule has 0 unspecified atom stereocenters. The number of ether oxygens (including phenoxy) is 1. The van der Waals surface area contributed by atoms with Crippen molar-refractivity contribution >= 4 is 21.6 Å². The maximum Gasteiger partial charge on any atom is 0.242 e. The SMILES string of the molecule is CC(C)Oc1ccccc1N1C(=O)CCS1(=O)=O. The number of benzene rings is 1. The van der Waals surface area contributed by atoms with Gasteiger partial charge in [-0.3, -0.25) is 4.79 Å². The zero-order valence-corrected chi connectivity index (χ0v) is 11.1. The monoisotopic (exact) mass is 269 g/mol. The average molecular weight is 269 g/mol. The van der Waals surface area contributed by atoms with Crippen LogP contribution in [-0.4, -0.2) is 26.2 Å². The standard InChI is InChI=1S/C12H15NO4S/c1-9(2)17-11-6-4-3-5-10(11)13-12(14)7-8-18(13,15)16/h3-6,9H,7-8H2,1-2H3. The zero-order valence-electron chi connectivity index (χ0n) is 10.3. The highest BCUT2D eigenvalue weighted by Crippen LogP contribution is 2.34. The Morgan fingerprint density at radius 3 is 2.50 bits per heavy atom. The molecule has 0 aromatic heterocycles. The molecule has 0 saturated carbocycles. The first kappa shape index (κ1) is 12.9. The van der Waals surface area contributed by atoms with E-state index >= 15 is 0 Å². The highest BCUT2D eigenvalue weighted by atomic mass is 32.2. The van der Waals surface area contributed by atoms with E-state index in [4.69, 9.17) is 4.74 Å². The maximum atomic E-state index is 11.9. The van der Waals surface area contributed by atoms with Crippen LogP contribution in [0.2, 0.25) is 0 Å². The van der Waals surface area contributed by atoms with Crippen LogP contribution in [0.3, 0.4) is 0 Å². The fourth-order valence-electron chi connectivity index (χ4n) is 1.83. The summed E-state index contributed by atoms with van der Waals surface area (Å²) in [5.74, 6) is -0.136. The van der Waals surface area contributed by atoms with Crippen molar-refractivity contribution in [2.24, 2.45) is 0 Å². The summed E-state index contributed by atoms with van der Waals surface area (Å²) in [5, 5.41) is 0. The van der Waals surface area contributed by atoms with Gasteiger partial charge in [-0.05, 0) is 26.0 Å². The lowest BCUT2D eigenvalue weighted by atomic mass is 10.2. The number of carbonyl (C=O) groups excluding carboxylic acids is 1. The number of sulfonamides is 1. The Morgan fingerprint density at radius 2 is 1.94 bits per heavy atom. The van der Waals surface area contributed by atoms with Gasteiger partial charge in [0.25, 0.3) is 0 Å². The van der Waals surface area contributed by atoms with E-state index in [2.05, 4.69) is 0 Å². The minimum Gasteiger partial charge on any atom is -0.489 e. The van der Waals surface area contributed by atoms with E-state index in [0.717, 1.165) is 4.31 Å². The fraction of sp³-hybridized carbons (Fsp3) is 0.417. The second-order valence-corrected chi connectivity index (χ2v) is 6.30. The Balaban J connectivity index is 2.47. The zero-order chi connectivity index (χ0) is 13.3. The number of rotatable bonds is 3. The predicted octanol–water partition coefficient (Wildman–Crippen LogP) is 1.54. The third-order valence-electron chi connectivity index (χ3n) is 2.53. The number of nitrogens with zero attached hydrogens (tertiary/aromatic N) is 1. The van der Waals surface area contributed by atoms with Gasteiger partial charge in [-0.1, -0.05) is 12.1 Å². The van der Waals surface area contributed by atoms with E-state index in [1.165, 1.54) is 0 Å². The summed E-state index contributed by atoms with van der Waals surface area (Å²) in [6.07, 6.45) is -0.0650. The molecule has 1 aromatic rings. The first-order chi connectivity index (χ1) is 8.42. The Hall–Kier alpha value is -1.56. The topological polar surface area (TPSA) is 63.7 Å². The second kappa shape index (κ2) is 4.61. The van der Waals surface area contributed by atoms with Gasteiger partial charge < -0.3 is 4.74 Å². The van der Waals surface area contributed by atoms with Gasteiger partial charge in [0.2, 0.25) is 15.9 Å². The van der Waals surface area contributed by atoms with Gasteiger partial charge in [-0.15, -0.1) is 0 Å². The van der Waals surface area contributed by atoms with Crippen LogP contribution in [0.4, 0.5) is 5.69 Å². The Morgan fingerprint density at radius 1 is 1.28 bits per heavy atom. The van der Waals surface area contributed by atoms with Gasteiger partial charge in [0.15, 0.2) is 0 Å². The van der Waals surface area contributed by atoms with Crippen LogP contribution in [0.1, 0.15) is 20.3 Å². The van der Waals surface area contributed by atoms with E-state index in [1.54, 1.807) is 24.3 Å². The van der Waals surface area contributed by atoms with Crippen LogP contribution in [0, 0.1) is 0 Å². The molecule has 1 aliphatic rings. The molecule has 18 heavy (non-hydrogen) atoms.